The molecule has 0 spiro atoms. The maximum Gasteiger partial charge on any atom is 0.315 e. The molecule has 21 heavy (non-hydrogen) atoms. The summed E-state index contributed by atoms with van der Waals surface area (Å²) in [6.07, 6.45) is 4.37. The summed E-state index contributed by atoms with van der Waals surface area (Å²) in [5.74, 6) is -0.164. The van der Waals surface area contributed by atoms with Crippen LogP contribution >= 0.6 is 0 Å². The number of urea groups is 1. The van der Waals surface area contributed by atoms with E-state index in [1.54, 1.807) is 12.1 Å². The molecule has 0 radical (unpaired) electrons. The third kappa shape index (κ3) is 4.92. The van der Waals surface area contributed by atoms with E-state index in [-0.39, 0.29) is 23.9 Å². The van der Waals surface area contributed by atoms with Gasteiger partial charge in [0.05, 0.1) is 6.10 Å². The van der Waals surface area contributed by atoms with Crippen LogP contribution in [0.1, 0.15) is 45.1 Å². The predicted molar refractivity (Wildman–Crippen MR) is 79.8 cm³/mol. The van der Waals surface area contributed by atoms with Crippen LogP contribution in [0.3, 0.4) is 0 Å². The SMILES string of the molecule is CC(C)Oc1ccc(CNC(=O)NC2CCCC2)cc1F. The summed E-state index contributed by atoms with van der Waals surface area (Å²) in [6.45, 7) is 4.00. The summed E-state index contributed by atoms with van der Waals surface area (Å²) < 4.78 is 19.1. The molecule has 0 unspecified atom stereocenters. The van der Waals surface area contributed by atoms with Gasteiger partial charge in [0.1, 0.15) is 0 Å². The van der Waals surface area contributed by atoms with Gasteiger partial charge in [-0.1, -0.05) is 18.9 Å². The monoisotopic (exact) mass is 294 g/mol. The summed E-state index contributed by atoms with van der Waals surface area (Å²) in [6, 6.07) is 4.85. The van der Waals surface area contributed by atoms with Crippen molar-refractivity contribution in [3.8, 4) is 5.75 Å². The van der Waals surface area contributed by atoms with Crippen LogP contribution in [0.5, 0.6) is 5.75 Å². The Hall–Kier alpha value is -1.78. The molecule has 1 fully saturated rings. The van der Waals surface area contributed by atoms with E-state index in [0.29, 0.717) is 12.1 Å². The Morgan fingerprint density at radius 3 is 2.71 bits per heavy atom. The zero-order valence-corrected chi connectivity index (χ0v) is 12.6. The largest absolute Gasteiger partial charge is 0.488 e. The number of amides is 2. The molecule has 1 saturated carbocycles. The Kier molecular flexibility index (Phi) is 5.42. The van der Waals surface area contributed by atoms with Crippen LogP contribution in [0.15, 0.2) is 18.2 Å². The Morgan fingerprint density at radius 1 is 1.38 bits per heavy atom. The van der Waals surface area contributed by atoms with E-state index >= 15 is 0 Å². The standard InChI is InChI=1S/C16H23FN2O2/c1-11(2)21-15-8-7-12(9-14(15)17)10-18-16(20)19-13-5-3-4-6-13/h7-9,11,13H,3-6,10H2,1-2H3,(H2,18,19,20). The van der Waals surface area contributed by atoms with E-state index in [4.69, 9.17) is 4.74 Å². The lowest BCUT2D eigenvalue weighted by atomic mass is 10.2. The second kappa shape index (κ2) is 7.29. The van der Waals surface area contributed by atoms with Crippen molar-refractivity contribution in [2.75, 3.05) is 0 Å². The molecule has 0 bridgehead atoms. The number of carbonyl (C=O) groups excluding carboxylic acids is 1. The molecule has 0 aromatic heterocycles. The lowest BCUT2D eigenvalue weighted by Crippen LogP contribution is -2.40. The van der Waals surface area contributed by atoms with Gasteiger partial charge in [-0.3, -0.25) is 0 Å². The molecule has 2 amide bonds. The Morgan fingerprint density at radius 2 is 2.10 bits per heavy atom. The zero-order chi connectivity index (χ0) is 15.2. The highest BCUT2D eigenvalue weighted by Crippen LogP contribution is 2.20. The van der Waals surface area contributed by atoms with Crippen LogP contribution < -0.4 is 15.4 Å². The van der Waals surface area contributed by atoms with Gasteiger partial charge in [0.2, 0.25) is 0 Å². The van der Waals surface area contributed by atoms with E-state index in [1.165, 1.54) is 18.9 Å². The average molecular weight is 294 g/mol. The van der Waals surface area contributed by atoms with Gasteiger partial charge < -0.3 is 15.4 Å². The molecule has 0 aliphatic heterocycles. The molecule has 4 nitrogen and oxygen atoms in total. The Bertz CT molecular complexity index is 485. The fraction of sp³-hybridized carbons (Fsp3) is 0.562. The average Bonchev–Trinajstić information content (AvgIpc) is 2.91. The summed E-state index contributed by atoms with van der Waals surface area (Å²) in [5.41, 5.74) is 0.713. The van der Waals surface area contributed by atoms with E-state index in [0.717, 1.165) is 12.8 Å². The van der Waals surface area contributed by atoms with Gasteiger partial charge in [-0.25, -0.2) is 9.18 Å². The van der Waals surface area contributed by atoms with Crippen molar-refractivity contribution in [1.29, 1.82) is 0 Å². The van der Waals surface area contributed by atoms with Crippen LogP contribution in [0, 0.1) is 5.82 Å². The van der Waals surface area contributed by atoms with Gasteiger partial charge in [-0.05, 0) is 44.4 Å². The highest BCUT2D eigenvalue weighted by molar-refractivity contribution is 5.74. The summed E-state index contributed by atoms with van der Waals surface area (Å²) in [7, 11) is 0. The quantitative estimate of drug-likeness (QED) is 0.875. The molecular weight excluding hydrogens is 271 g/mol. The third-order valence-electron chi connectivity index (χ3n) is 3.50. The summed E-state index contributed by atoms with van der Waals surface area (Å²) in [4.78, 5) is 11.7. The normalized spacial score (nSPS) is 15.2. The van der Waals surface area contributed by atoms with Crippen molar-refractivity contribution in [2.24, 2.45) is 0 Å². The molecule has 5 heteroatoms. The molecular formula is C16H23FN2O2. The minimum atomic E-state index is -0.404. The van der Waals surface area contributed by atoms with Gasteiger partial charge in [0.25, 0.3) is 0 Å². The number of ether oxygens (including phenoxy) is 1. The lowest BCUT2D eigenvalue weighted by molar-refractivity contribution is 0.231. The maximum absolute atomic E-state index is 13.8. The van der Waals surface area contributed by atoms with Crippen LogP contribution in [0.2, 0.25) is 0 Å². The van der Waals surface area contributed by atoms with Crippen molar-refractivity contribution in [1.82, 2.24) is 10.6 Å². The molecule has 2 N–H and O–H groups in total. The molecule has 1 aromatic rings. The molecule has 1 aliphatic rings. The Balaban J connectivity index is 1.82. The first-order chi connectivity index (χ1) is 10.0. The van der Waals surface area contributed by atoms with E-state index in [1.807, 2.05) is 13.8 Å². The van der Waals surface area contributed by atoms with Gasteiger partial charge in [0.15, 0.2) is 11.6 Å². The number of hydrogen-bond acceptors (Lipinski definition) is 2. The van der Waals surface area contributed by atoms with Gasteiger partial charge in [-0.15, -0.1) is 0 Å². The first kappa shape index (κ1) is 15.6. The van der Waals surface area contributed by atoms with Crippen molar-refractivity contribution in [2.45, 2.75) is 58.2 Å². The highest BCUT2D eigenvalue weighted by Gasteiger charge is 2.16. The molecule has 2 rings (SSSR count). The third-order valence-corrected chi connectivity index (χ3v) is 3.50. The fourth-order valence-corrected chi connectivity index (χ4v) is 2.49. The first-order valence-corrected chi connectivity index (χ1v) is 7.54. The van der Waals surface area contributed by atoms with E-state index < -0.39 is 5.82 Å². The van der Waals surface area contributed by atoms with Crippen LogP contribution in [0.4, 0.5) is 9.18 Å². The van der Waals surface area contributed by atoms with Gasteiger partial charge in [0, 0.05) is 12.6 Å². The molecule has 1 aliphatic carbocycles. The van der Waals surface area contributed by atoms with Crippen LogP contribution in [-0.2, 0) is 6.54 Å². The minimum absolute atomic E-state index is 0.0688. The molecule has 0 atom stereocenters. The Labute approximate surface area is 125 Å². The van der Waals surface area contributed by atoms with Crippen molar-refractivity contribution >= 4 is 6.03 Å². The number of hydrogen-bond donors (Lipinski definition) is 2. The number of halogens is 1. The molecule has 116 valence electrons. The van der Waals surface area contributed by atoms with E-state index in [9.17, 15) is 9.18 Å². The zero-order valence-electron chi connectivity index (χ0n) is 12.6. The topological polar surface area (TPSA) is 50.4 Å². The first-order valence-electron chi connectivity index (χ1n) is 7.54. The van der Waals surface area contributed by atoms with Crippen molar-refractivity contribution < 1.29 is 13.9 Å². The van der Waals surface area contributed by atoms with E-state index in [2.05, 4.69) is 10.6 Å². The molecule has 0 heterocycles. The second-order valence-corrected chi connectivity index (χ2v) is 5.74. The maximum atomic E-state index is 13.8. The highest BCUT2D eigenvalue weighted by atomic mass is 19.1. The fourth-order valence-electron chi connectivity index (χ4n) is 2.49. The summed E-state index contributed by atoms with van der Waals surface area (Å²) in [5, 5.41) is 5.69. The lowest BCUT2D eigenvalue weighted by Gasteiger charge is -2.14. The molecule has 1 aromatic carbocycles. The second-order valence-electron chi connectivity index (χ2n) is 5.74. The van der Waals surface area contributed by atoms with Gasteiger partial charge in [-0.2, -0.15) is 0 Å². The predicted octanol–water partition coefficient (Wildman–Crippen LogP) is 3.35. The van der Waals surface area contributed by atoms with Crippen LogP contribution in [-0.4, -0.2) is 18.2 Å². The number of rotatable bonds is 5. The molecule has 0 saturated heterocycles. The summed E-state index contributed by atoms with van der Waals surface area (Å²) >= 11 is 0. The van der Waals surface area contributed by atoms with Gasteiger partial charge >= 0.3 is 6.03 Å². The van der Waals surface area contributed by atoms with Crippen LogP contribution in [0.25, 0.3) is 0 Å². The number of nitrogens with one attached hydrogen (secondary N) is 2. The number of benzene rings is 1. The van der Waals surface area contributed by atoms with Crippen molar-refractivity contribution in [3.63, 3.8) is 0 Å². The van der Waals surface area contributed by atoms with Crippen molar-refractivity contribution in [3.05, 3.63) is 29.6 Å². The minimum Gasteiger partial charge on any atom is -0.488 e. The smallest absolute Gasteiger partial charge is 0.315 e. The number of carbonyl (C=O) groups is 1.